The number of carboxylic acid groups (broad SMARTS) is 1. The molecule has 0 spiro atoms. The number of hydrogen-bond acceptors (Lipinski definition) is 9. The van der Waals surface area contributed by atoms with Gasteiger partial charge in [-0.3, -0.25) is 4.79 Å². The minimum Gasteiger partial charge on any atom is -0.480 e. The number of aliphatic hydroxyl groups is 4. The number of hydrazine groups is 1. The molecular formula is C13H25N5O6. The van der Waals surface area contributed by atoms with Crippen LogP contribution in [0, 0.1) is 17.8 Å². The van der Waals surface area contributed by atoms with E-state index in [0.717, 1.165) is 0 Å². The third-order valence-electron chi connectivity index (χ3n) is 5.06. The molecule has 1 aliphatic carbocycles. The SMILES string of the molecule is NN/N=C(\N)CCC1C(O)(O)CC2CNC(C(=O)O)CC2C1(O)O. The molecule has 1 aliphatic heterocycles. The van der Waals surface area contributed by atoms with Gasteiger partial charge in [-0.25, -0.2) is 11.4 Å². The molecule has 1 saturated carbocycles. The van der Waals surface area contributed by atoms with E-state index in [1.54, 1.807) is 0 Å². The van der Waals surface area contributed by atoms with Gasteiger partial charge in [-0.15, -0.1) is 0 Å². The molecule has 0 aromatic rings. The zero-order valence-corrected chi connectivity index (χ0v) is 13.1. The molecule has 11 N–H and O–H groups in total. The lowest BCUT2D eigenvalue weighted by Gasteiger charge is -2.54. The van der Waals surface area contributed by atoms with Crippen molar-refractivity contribution < 1.29 is 30.3 Å². The number of fused-ring (bicyclic) bond motifs is 1. The second kappa shape index (κ2) is 6.78. The quantitative estimate of drug-likeness (QED) is 0.0790. The number of amidine groups is 1. The summed E-state index contributed by atoms with van der Waals surface area (Å²) in [6.07, 6.45) is -0.131. The molecule has 0 amide bonds. The minimum absolute atomic E-state index is 0.0203. The Morgan fingerprint density at radius 2 is 2.00 bits per heavy atom. The summed E-state index contributed by atoms with van der Waals surface area (Å²) in [7, 11) is 0. The van der Waals surface area contributed by atoms with Crippen LogP contribution in [0.15, 0.2) is 5.10 Å². The van der Waals surface area contributed by atoms with E-state index in [0.29, 0.717) is 0 Å². The van der Waals surface area contributed by atoms with Gasteiger partial charge in [-0.05, 0) is 25.3 Å². The fraction of sp³-hybridized carbons (Fsp3) is 0.846. The maximum absolute atomic E-state index is 11.2. The van der Waals surface area contributed by atoms with E-state index in [-0.39, 0.29) is 38.1 Å². The summed E-state index contributed by atoms with van der Waals surface area (Å²) in [6, 6.07) is -0.913. The van der Waals surface area contributed by atoms with Crippen LogP contribution in [0.1, 0.15) is 25.7 Å². The first-order chi connectivity index (χ1) is 11.1. The van der Waals surface area contributed by atoms with E-state index in [1.807, 2.05) is 5.53 Å². The van der Waals surface area contributed by atoms with Crippen molar-refractivity contribution in [2.24, 2.45) is 34.4 Å². The Hall–Kier alpha value is -1.50. The summed E-state index contributed by atoms with van der Waals surface area (Å²) in [6.45, 7) is 0.154. The van der Waals surface area contributed by atoms with E-state index in [4.69, 9.17) is 16.7 Å². The average molecular weight is 347 g/mol. The topological polar surface area (TPSA) is 207 Å². The van der Waals surface area contributed by atoms with Crippen molar-refractivity contribution in [3.05, 3.63) is 0 Å². The van der Waals surface area contributed by atoms with Gasteiger partial charge in [0, 0.05) is 18.8 Å². The molecule has 138 valence electrons. The summed E-state index contributed by atoms with van der Waals surface area (Å²) in [5, 5.41) is 57.2. The zero-order chi connectivity index (χ0) is 18.1. The summed E-state index contributed by atoms with van der Waals surface area (Å²) in [5.74, 6) is -3.39. The lowest BCUT2D eigenvalue weighted by molar-refractivity contribution is -0.361. The number of aliphatic carboxylic acids is 1. The molecule has 2 fully saturated rings. The number of hydrazone groups is 1. The van der Waals surface area contributed by atoms with Gasteiger partial charge in [0.05, 0.1) is 5.92 Å². The molecular weight excluding hydrogens is 322 g/mol. The summed E-state index contributed by atoms with van der Waals surface area (Å²) >= 11 is 0. The van der Waals surface area contributed by atoms with Crippen molar-refractivity contribution in [1.82, 2.24) is 10.9 Å². The van der Waals surface area contributed by atoms with Gasteiger partial charge < -0.3 is 36.6 Å². The highest BCUT2D eigenvalue weighted by molar-refractivity contribution is 5.79. The van der Waals surface area contributed by atoms with Gasteiger partial charge in [0.1, 0.15) is 11.9 Å². The van der Waals surface area contributed by atoms with Crippen LogP contribution in [-0.4, -0.2) is 61.5 Å². The smallest absolute Gasteiger partial charge is 0.320 e. The van der Waals surface area contributed by atoms with Crippen LogP contribution in [0.25, 0.3) is 0 Å². The first kappa shape index (κ1) is 18.8. The molecule has 0 aromatic heterocycles. The molecule has 2 aliphatic rings. The predicted octanol–water partition coefficient (Wildman–Crippen LogP) is -3.44. The highest BCUT2D eigenvalue weighted by Crippen LogP contribution is 2.49. The number of nitrogens with zero attached hydrogens (tertiary/aromatic N) is 1. The molecule has 24 heavy (non-hydrogen) atoms. The lowest BCUT2D eigenvalue weighted by atomic mass is 9.62. The Labute approximate surface area is 138 Å². The van der Waals surface area contributed by atoms with Crippen molar-refractivity contribution in [2.45, 2.75) is 43.3 Å². The van der Waals surface area contributed by atoms with E-state index in [1.165, 1.54) is 0 Å². The van der Waals surface area contributed by atoms with Crippen LogP contribution < -0.4 is 22.4 Å². The minimum atomic E-state index is -2.45. The third-order valence-corrected chi connectivity index (χ3v) is 5.06. The molecule has 4 atom stereocenters. The molecule has 11 heteroatoms. The van der Waals surface area contributed by atoms with Gasteiger partial charge in [0.25, 0.3) is 0 Å². The van der Waals surface area contributed by atoms with Crippen LogP contribution in [0.2, 0.25) is 0 Å². The molecule has 1 heterocycles. The van der Waals surface area contributed by atoms with Crippen LogP contribution in [0.3, 0.4) is 0 Å². The highest BCUT2D eigenvalue weighted by atomic mass is 16.5. The van der Waals surface area contributed by atoms with Crippen molar-refractivity contribution in [3.8, 4) is 0 Å². The Morgan fingerprint density at radius 1 is 1.33 bits per heavy atom. The largest absolute Gasteiger partial charge is 0.480 e. The molecule has 0 radical (unpaired) electrons. The maximum atomic E-state index is 11.2. The van der Waals surface area contributed by atoms with Crippen molar-refractivity contribution >= 4 is 11.8 Å². The number of nitrogens with one attached hydrogen (secondary N) is 2. The molecule has 1 saturated heterocycles. The van der Waals surface area contributed by atoms with Gasteiger partial charge in [-0.2, -0.15) is 5.10 Å². The number of hydrogen-bond donors (Lipinski definition) is 9. The average Bonchev–Trinajstić information content (AvgIpc) is 2.45. The normalized spacial score (nSPS) is 35.1. The Bertz CT molecular complexity index is 511. The van der Waals surface area contributed by atoms with Crippen LogP contribution in [0.4, 0.5) is 0 Å². The Morgan fingerprint density at radius 3 is 2.58 bits per heavy atom. The Kier molecular flexibility index (Phi) is 5.32. The summed E-state index contributed by atoms with van der Waals surface area (Å²) in [4.78, 5) is 11.2. The first-order valence-corrected chi connectivity index (χ1v) is 7.73. The number of rotatable bonds is 5. The maximum Gasteiger partial charge on any atom is 0.320 e. The second-order valence-corrected chi connectivity index (χ2v) is 6.59. The molecule has 11 nitrogen and oxygen atoms in total. The van der Waals surface area contributed by atoms with Crippen LogP contribution >= 0.6 is 0 Å². The van der Waals surface area contributed by atoms with Crippen molar-refractivity contribution in [2.75, 3.05) is 6.54 Å². The van der Waals surface area contributed by atoms with E-state index < -0.39 is 41.3 Å². The predicted molar refractivity (Wildman–Crippen MR) is 81.6 cm³/mol. The summed E-state index contributed by atoms with van der Waals surface area (Å²) < 4.78 is 0. The monoisotopic (exact) mass is 347 g/mol. The van der Waals surface area contributed by atoms with Crippen molar-refractivity contribution in [3.63, 3.8) is 0 Å². The van der Waals surface area contributed by atoms with Gasteiger partial charge in [0.2, 0.25) is 0 Å². The second-order valence-electron chi connectivity index (χ2n) is 6.59. The number of piperidine rings is 1. The number of carbonyl (C=O) groups is 1. The van der Waals surface area contributed by atoms with Crippen LogP contribution in [0.5, 0.6) is 0 Å². The standard InChI is InChI=1S/C13H25N5O6/c14-10(17-18-15)2-1-9-12(21,22)4-6-5-16-8(11(19)20)3-7(6)13(9,23)24/h6-9,16,18,21-24H,1-5,15H2,(H2,14,17)(H,19,20). The highest BCUT2D eigenvalue weighted by Gasteiger charge is 2.60. The third kappa shape index (κ3) is 3.61. The summed E-state index contributed by atoms with van der Waals surface area (Å²) in [5.41, 5.74) is 7.56. The van der Waals surface area contributed by atoms with E-state index in [9.17, 15) is 25.2 Å². The van der Waals surface area contributed by atoms with Gasteiger partial charge in [-0.1, -0.05) is 0 Å². The van der Waals surface area contributed by atoms with Crippen molar-refractivity contribution in [1.29, 1.82) is 0 Å². The number of carboxylic acids is 1. The lowest BCUT2D eigenvalue weighted by Crippen LogP contribution is -2.67. The molecule has 0 aromatic carbocycles. The van der Waals surface area contributed by atoms with Gasteiger partial charge >= 0.3 is 5.97 Å². The van der Waals surface area contributed by atoms with E-state index in [2.05, 4.69) is 10.4 Å². The fourth-order valence-electron chi connectivity index (χ4n) is 3.89. The Balaban J connectivity index is 2.20. The molecule has 2 rings (SSSR count). The van der Waals surface area contributed by atoms with Crippen LogP contribution in [-0.2, 0) is 4.79 Å². The first-order valence-electron chi connectivity index (χ1n) is 7.73. The fourth-order valence-corrected chi connectivity index (χ4v) is 3.89. The zero-order valence-electron chi connectivity index (χ0n) is 13.1. The molecule has 4 unspecified atom stereocenters. The van der Waals surface area contributed by atoms with E-state index >= 15 is 0 Å². The van der Waals surface area contributed by atoms with Gasteiger partial charge in [0.15, 0.2) is 11.6 Å². The number of nitrogens with two attached hydrogens (primary N) is 2. The molecule has 0 bridgehead atoms.